The van der Waals surface area contributed by atoms with Gasteiger partial charge in [-0.05, 0) is 59.8 Å². The second kappa shape index (κ2) is 7.93. The Morgan fingerprint density at radius 3 is 2.55 bits per heavy atom. The van der Waals surface area contributed by atoms with E-state index in [-0.39, 0.29) is 18.0 Å². The zero-order valence-electron chi connectivity index (χ0n) is 17.5. The van der Waals surface area contributed by atoms with Crippen LogP contribution in [0.25, 0.3) is 5.70 Å². The molecule has 0 spiro atoms. The zero-order chi connectivity index (χ0) is 22.5. The van der Waals surface area contributed by atoms with Crippen LogP contribution in [-0.2, 0) is 0 Å². The molecule has 0 amide bonds. The summed E-state index contributed by atoms with van der Waals surface area (Å²) in [5.74, 6) is 1.05. The van der Waals surface area contributed by atoms with E-state index >= 15 is 0 Å². The molecule has 3 heterocycles. The number of anilines is 1. The van der Waals surface area contributed by atoms with Crippen LogP contribution >= 0.6 is 23.4 Å². The van der Waals surface area contributed by atoms with Crippen molar-refractivity contribution in [2.45, 2.75) is 17.0 Å². The number of thioether (sulfide) groups is 1. The normalized spacial score (nSPS) is 18.6. The molecular formula is C25H18ClFN4OS. The minimum atomic E-state index is -0.385. The Balaban J connectivity index is 1.61. The predicted octanol–water partition coefficient (Wildman–Crippen LogP) is 6.35. The van der Waals surface area contributed by atoms with Crippen LogP contribution in [0, 0.1) is 5.82 Å². The van der Waals surface area contributed by atoms with Crippen LogP contribution < -0.4 is 10.1 Å². The van der Waals surface area contributed by atoms with Gasteiger partial charge in [-0.25, -0.2) is 9.07 Å². The molecule has 2 aliphatic heterocycles. The molecule has 33 heavy (non-hydrogen) atoms. The van der Waals surface area contributed by atoms with E-state index in [1.165, 1.54) is 23.4 Å². The van der Waals surface area contributed by atoms with E-state index in [1.54, 1.807) is 23.9 Å². The van der Waals surface area contributed by atoms with Crippen molar-refractivity contribution in [2.75, 3.05) is 11.6 Å². The van der Waals surface area contributed by atoms with Crippen molar-refractivity contribution < 1.29 is 9.13 Å². The van der Waals surface area contributed by atoms with Crippen LogP contribution in [0.1, 0.15) is 28.8 Å². The standard InChI is InChI=1S/C25H18ClFN4OS/c1-33-18-9-4-15(5-10-18)24-21-22(19-12-16(26)6-11-20(19)32-24)30-25-28-13-29-31(25)23(21)14-2-7-17(27)8-3-14/h2-13,23-24H,1H3,(H,28,29,30)/t23-,24+/m0/s1. The first-order valence-electron chi connectivity index (χ1n) is 10.4. The summed E-state index contributed by atoms with van der Waals surface area (Å²) in [5.41, 5.74) is 4.60. The summed E-state index contributed by atoms with van der Waals surface area (Å²) in [7, 11) is 0. The van der Waals surface area contributed by atoms with Crippen LogP contribution in [0.3, 0.4) is 0 Å². The van der Waals surface area contributed by atoms with Gasteiger partial charge in [0.25, 0.3) is 0 Å². The third-order valence-corrected chi connectivity index (χ3v) is 6.96. The van der Waals surface area contributed by atoms with Crippen LogP contribution in [-0.4, -0.2) is 21.0 Å². The summed E-state index contributed by atoms with van der Waals surface area (Å²) < 4.78 is 22.2. The Bertz CT molecular complexity index is 1380. The van der Waals surface area contributed by atoms with Gasteiger partial charge in [-0.3, -0.25) is 0 Å². The van der Waals surface area contributed by atoms with E-state index < -0.39 is 0 Å². The Hall–Kier alpha value is -3.29. The molecule has 2 aliphatic rings. The highest BCUT2D eigenvalue weighted by molar-refractivity contribution is 7.98. The van der Waals surface area contributed by atoms with E-state index in [2.05, 4.69) is 45.9 Å². The molecule has 0 bridgehead atoms. The van der Waals surface area contributed by atoms with Crippen LogP contribution in [0.4, 0.5) is 10.3 Å². The average Bonchev–Trinajstić information content (AvgIpc) is 3.31. The number of rotatable bonds is 3. The molecule has 0 fully saturated rings. The Morgan fingerprint density at radius 2 is 1.79 bits per heavy atom. The number of hydrogen-bond acceptors (Lipinski definition) is 5. The summed E-state index contributed by atoms with van der Waals surface area (Å²) in [6.07, 6.45) is 3.18. The van der Waals surface area contributed by atoms with E-state index in [0.29, 0.717) is 11.0 Å². The maximum atomic E-state index is 13.8. The lowest BCUT2D eigenvalue weighted by atomic mass is 9.84. The van der Waals surface area contributed by atoms with Gasteiger partial charge in [0.1, 0.15) is 30.0 Å². The predicted molar refractivity (Wildman–Crippen MR) is 128 cm³/mol. The molecule has 4 aromatic rings. The lowest BCUT2D eigenvalue weighted by Gasteiger charge is -2.39. The van der Waals surface area contributed by atoms with Gasteiger partial charge in [0.2, 0.25) is 5.95 Å². The first-order chi connectivity index (χ1) is 16.1. The number of halogens is 2. The number of fused-ring (bicyclic) bond motifs is 3. The Labute approximate surface area is 199 Å². The minimum Gasteiger partial charge on any atom is -0.480 e. The monoisotopic (exact) mass is 476 g/mol. The first-order valence-corrected chi connectivity index (χ1v) is 12.0. The second-order valence-electron chi connectivity index (χ2n) is 7.85. The van der Waals surface area contributed by atoms with Gasteiger partial charge in [-0.2, -0.15) is 10.1 Å². The number of aromatic nitrogens is 3. The van der Waals surface area contributed by atoms with Gasteiger partial charge in [0.15, 0.2) is 0 Å². The quantitative estimate of drug-likeness (QED) is 0.349. The van der Waals surface area contributed by atoms with Gasteiger partial charge >= 0.3 is 0 Å². The molecule has 0 unspecified atom stereocenters. The largest absolute Gasteiger partial charge is 0.480 e. The van der Waals surface area contributed by atoms with Gasteiger partial charge in [0.05, 0.1) is 5.70 Å². The fraction of sp³-hybridized carbons (Fsp3) is 0.120. The van der Waals surface area contributed by atoms with Crippen LogP contribution in [0.15, 0.2) is 83.5 Å². The van der Waals surface area contributed by atoms with Crippen LogP contribution in [0.2, 0.25) is 5.02 Å². The van der Waals surface area contributed by atoms with Gasteiger partial charge in [-0.15, -0.1) is 11.8 Å². The molecule has 0 saturated carbocycles. The molecule has 6 rings (SSSR count). The highest BCUT2D eigenvalue weighted by Crippen LogP contribution is 2.51. The number of nitrogens with one attached hydrogen (secondary N) is 1. The van der Waals surface area contributed by atoms with Gasteiger partial charge < -0.3 is 10.1 Å². The molecule has 8 heteroatoms. The maximum Gasteiger partial charge on any atom is 0.226 e. The Morgan fingerprint density at radius 1 is 1.03 bits per heavy atom. The van der Waals surface area contributed by atoms with Crippen molar-refractivity contribution in [2.24, 2.45) is 0 Å². The molecule has 1 aromatic heterocycles. The van der Waals surface area contributed by atoms with E-state index in [1.807, 2.05) is 22.9 Å². The molecule has 3 aromatic carbocycles. The van der Waals surface area contributed by atoms with Crippen molar-refractivity contribution in [1.82, 2.24) is 14.8 Å². The van der Waals surface area contributed by atoms with Crippen molar-refractivity contribution >= 4 is 35.0 Å². The smallest absolute Gasteiger partial charge is 0.226 e. The number of ether oxygens (including phenoxy) is 1. The number of hydrogen-bond donors (Lipinski definition) is 1. The summed E-state index contributed by atoms with van der Waals surface area (Å²) in [6.45, 7) is 0. The molecular weight excluding hydrogens is 459 g/mol. The molecule has 2 atom stereocenters. The summed E-state index contributed by atoms with van der Waals surface area (Å²) in [5, 5.41) is 8.55. The van der Waals surface area contributed by atoms with Crippen molar-refractivity contribution in [3.63, 3.8) is 0 Å². The number of benzene rings is 3. The summed E-state index contributed by atoms with van der Waals surface area (Å²) >= 11 is 8.05. The second-order valence-corrected chi connectivity index (χ2v) is 9.17. The van der Waals surface area contributed by atoms with Crippen LogP contribution in [0.5, 0.6) is 5.75 Å². The average molecular weight is 477 g/mol. The van der Waals surface area contributed by atoms with Crippen molar-refractivity contribution in [3.05, 3.63) is 106 Å². The highest BCUT2D eigenvalue weighted by Gasteiger charge is 2.41. The molecule has 1 N–H and O–H groups in total. The summed E-state index contributed by atoms with van der Waals surface area (Å²) in [4.78, 5) is 5.59. The number of nitrogens with zero attached hydrogens (tertiary/aromatic N) is 3. The SMILES string of the molecule is CSc1ccc([C@H]2Oc3ccc(Cl)cc3C3=C2[C@H](c2ccc(F)cc2)n2ncnc2N3)cc1. The van der Waals surface area contributed by atoms with E-state index in [0.717, 1.165) is 33.7 Å². The molecule has 164 valence electrons. The lowest BCUT2D eigenvalue weighted by Crippen LogP contribution is -2.32. The fourth-order valence-electron chi connectivity index (χ4n) is 4.46. The topological polar surface area (TPSA) is 52.0 Å². The fourth-order valence-corrected chi connectivity index (χ4v) is 5.04. The first kappa shape index (κ1) is 20.3. The zero-order valence-corrected chi connectivity index (χ0v) is 19.1. The molecule has 5 nitrogen and oxygen atoms in total. The minimum absolute atomic E-state index is 0.290. The molecule has 0 radical (unpaired) electrons. The van der Waals surface area contributed by atoms with Crippen molar-refractivity contribution in [3.8, 4) is 5.75 Å². The van der Waals surface area contributed by atoms with E-state index in [9.17, 15) is 4.39 Å². The van der Waals surface area contributed by atoms with Gasteiger partial charge in [0, 0.05) is 21.1 Å². The molecule has 0 saturated heterocycles. The molecule has 0 aliphatic carbocycles. The lowest BCUT2D eigenvalue weighted by molar-refractivity contribution is 0.223. The Kier molecular flexibility index (Phi) is 4.89. The maximum absolute atomic E-state index is 13.8. The van der Waals surface area contributed by atoms with Gasteiger partial charge in [-0.1, -0.05) is 35.9 Å². The van der Waals surface area contributed by atoms with E-state index in [4.69, 9.17) is 16.3 Å². The third-order valence-electron chi connectivity index (χ3n) is 5.98. The van der Waals surface area contributed by atoms with Crippen molar-refractivity contribution in [1.29, 1.82) is 0 Å². The summed E-state index contributed by atoms with van der Waals surface area (Å²) in [6, 6.07) is 20.1. The highest BCUT2D eigenvalue weighted by atomic mass is 35.5. The third kappa shape index (κ3) is 3.39.